The summed E-state index contributed by atoms with van der Waals surface area (Å²) in [5.41, 5.74) is 2.07. The summed E-state index contributed by atoms with van der Waals surface area (Å²) in [5.74, 6) is -0.0707. The Hall–Kier alpha value is -3.79. The van der Waals surface area contributed by atoms with Crippen molar-refractivity contribution in [1.82, 2.24) is 10.2 Å². The van der Waals surface area contributed by atoms with Gasteiger partial charge in [0.2, 0.25) is 18.6 Å². The number of benzene rings is 2. The van der Waals surface area contributed by atoms with Crippen molar-refractivity contribution >= 4 is 29.1 Å². The molecule has 0 bridgehead atoms. The van der Waals surface area contributed by atoms with Crippen LogP contribution < -0.4 is 25.0 Å². The Morgan fingerprint density at radius 1 is 1.00 bits per heavy atom. The average Bonchev–Trinajstić information content (AvgIpc) is 3.31. The minimum Gasteiger partial charge on any atom is -0.454 e. The third kappa shape index (κ3) is 5.72. The van der Waals surface area contributed by atoms with Gasteiger partial charge in [-0.1, -0.05) is 0 Å². The van der Waals surface area contributed by atoms with Crippen molar-refractivity contribution in [1.29, 1.82) is 0 Å². The Kier molecular flexibility index (Phi) is 6.94. The highest BCUT2D eigenvalue weighted by atomic mass is 16.7. The first-order valence-electron chi connectivity index (χ1n) is 10.6. The van der Waals surface area contributed by atoms with Gasteiger partial charge in [0.25, 0.3) is 5.91 Å². The summed E-state index contributed by atoms with van der Waals surface area (Å²) in [6, 6.07) is 12.3. The number of fused-ring (bicyclic) bond motifs is 1. The number of nitrogens with zero attached hydrogens (tertiary/aromatic N) is 2. The number of amides is 3. The fraction of sp³-hybridized carbons (Fsp3) is 0.348. The van der Waals surface area contributed by atoms with Crippen molar-refractivity contribution < 1.29 is 28.6 Å². The molecule has 0 spiro atoms. The first kappa shape index (κ1) is 22.4. The van der Waals surface area contributed by atoms with Gasteiger partial charge < -0.3 is 34.6 Å². The van der Waals surface area contributed by atoms with Crippen molar-refractivity contribution in [2.45, 2.75) is 0 Å². The van der Waals surface area contributed by atoms with E-state index in [-0.39, 0.29) is 31.7 Å². The third-order valence-corrected chi connectivity index (χ3v) is 5.37. The summed E-state index contributed by atoms with van der Waals surface area (Å²) in [6.45, 7) is 2.83. The van der Waals surface area contributed by atoms with Gasteiger partial charge in [-0.3, -0.25) is 14.4 Å². The van der Waals surface area contributed by atoms with Crippen LogP contribution in [0.25, 0.3) is 0 Å². The van der Waals surface area contributed by atoms with Crippen molar-refractivity contribution in [2.75, 3.05) is 63.5 Å². The zero-order valence-corrected chi connectivity index (χ0v) is 18.3. The largest absolute Gasteiger partial charge is 0.454 e. The third-order valence-electron chi connectivity index (χ3n) is 5.37. The zero-order chi connectivity index (χ0) is 23.2. The lowest BCUT2D eigenvalue weighted by Gasteiger charge is -2.28. The van der Waals surface area contributed by atoms with Gasteiger partial charge in [-0.05, 0) is 42.5 Å². The fourth-order valence-electron chi connectivity index (χ4n) is 3.51. The quantitative estimate of drug-likeness (QED) is 0.644. The summed E-state index contributed by atoms with van der Waals surface area (Å²) in [7, 11) is 1.51. The molecule has 10 heteroatoms. The van der Waals surface area contributed by atoms with Crippen LogP contribution >= 0.6 is 0 Å². The molecule has 2 aromatic rings. The number of rotatable bonds is 7. The average molecular weight is 454 g/mol. The van der Waals surface area contributed by atoms with Gasteiger partial charge in [0.05, 0.1) is 26.3 Å². The van der Waals surface area contributed by atoms with Gasteiger partial charge in [0.15, 0.2) is 11.5 Å². The van der Waals surface area contributed by atoms with Crippen LogP contribution in [0, 0.1) is 0 Å². The van der Waals surface area contributed by atoms with E-state index >= 15 is 0 Å². The molecule has 0 unspecified atom stereocenters. The number of hydrogen-bond acceptors (Lipinski definition) is 7. The Morgan fingerprint density at radius 2 is 1.73 bits per heavy atom. The smallest absolute Gasteiger partial charge is 0.251 e. The monoisotopic (exact) mass is 454 g/mol. The summed E-state index contributed by atoms with van der Waals surface area (Å²) in [4.78, 5) is 40.5. The molecule has 33 heavy (non-hydrogen) atoms. The number of anilines is 2. The van der Waals surface area contributed by atoms with E-state index < -0.39 is 5.91 Å². The molecular formula is C23H26N4O6. The number of carbonyl (C=O) groups excluding carboxylic acids is 3. The number of ether oxygens (including phenoxy) is 3. The maximum Gasteiger partial charge on any atom is 0.251 e. The zero-order valence-electron chi connectivity index (χ0n) is 18.3. The molecule has 10 nitrogen and oxygen atoms in total. The van der Waals surface area contributed by atoms with Gasteiger partial charge in [0.1, 0.15) is 0 Å². The number of morpholine rings is 1. The van der Waals surface area contributed by atoms with Crippen molar-refractivity contribution in [2.24, 2.45) is 0 Å². The lowest BCUT2D eigenvalue weighted by molar-refractivity contribution is -0.132. The van der Waals surface area contributed by atoms with E-state index in [0.717, 1.165) is 18.8 Å². The standard InChI is InChI=1S/C23H26N4O6/c1-26(22(29)13-24-23(30)16-2-7-19-20(12-16)33-15-32-19)14-21(28)25-17-3-5-18(6-4-17)27-8-10-31-11-9-27/h2-7,12H,8-11,13-15H2,1H3,(H,24,30)(H,25,28). The molecule has 1 fully saturated rings. The Balaban J connectivity index is 1.22. The number of hydrogen-bond donors (Lipinski definition) is 2. The van der Waals surface area contributed by atoms with Crippen LogP contribution in [-0.2, 0) is 14.3 Å². The molecule has 174 valence electrons. The van der Waals surface area contributed by atoms with Gasteiger partial charge >= 0.3 is 0 Å². The number of nitrogens with one attached hydrogen (secondary N) is 2. The van der Waals surface area contributed by atoms with Gasteiger partial charge in [-0.2, -0.15) is 0 Å². The van der Waals surface area contributed by atoms with Crippen LogP contribution in [-0.4, -0.2) is 75.9 Å². The van der Waals surface area contributed by atoms with E-state index in [2.05, 4.69) is 15.5 Å². The van der Waals surface area contributed by atoms with Crippen LogP contribution in [0.3, 0.4) is 0 Å². The molecule has 2 aromatic carbocycles. The van der Waals surface area contributed by atoms with Crippen LogP contribution in [0.5, 0.6) is 11.5 Å². The molecule has 4 rings (SSSR count). The van der Waals surface area contributed by atoms with Crippen LogP contribution in [0.2, 0.25) is 0 Å². The van der Waals surface area contributed by atoms with E-state index in [1.807, 2.05) is 24.3 Å². The number of likely N-dealkylation sites (N-methyl/N-ethyl adjacent to an activating group) is 1. The molecule has 0 atom stereocenters. The highest BCUT2D eigenvalue weighted by Crippen LogP contribution is 2.32. The predicted molar refractivity (Wildman–Crippen MR) is 121 cm³/mol. The highest BCUT2D eigenvalue weighted by Gasteiger charge is 2.18. The Morgan fingerprint density at radius 3 is 2.48 bits per heavy atom. The van der Waals surface area contributed by atoms with E-state index in [1.165, 1.54) is 11.9 Å². The Bertz CT molecular complexity index is 1020. The van der Waals surface area contributed by atoms with Crippen molar-refractivity contribution in [3.05, 3.63) is 48.0 Å². The highest BCUT2D eigenvalue weighted by molar-refractivity contribution is 5.98. The molecule has 0 saturated carbocycles. The van der Waals surface area contributed by atoms with Gasteiger partial charge in [-0.15, -0.1) is 0 Å². The van der Waals surface area contributed by atoms with E-state index in [4.69, 9.17) is 14.2 Å². The molecule has 2 heterocycles. The van der Waals surface area contributed by atoms with Crippen LogP contribution in [0.15, 0.2) is 42.5 Å². The van der Waals surface area contributed by atoms with E-state index in [9.17, 15) is 14.4 Å². The lowest BCUT2D eigenvalue weighted by Crippen LogP contribution is -2.41. The summed E-state index contributed by atoms with van der Waals surface area (Å²) in [5, 5.41) is 5.34. The van der Waals surface area contributed by atoms with Crippen molar-refractivity contribution in [3.63, 3.8) is 0 Å². The van der Waals surface area contributed by atoms with Crippen LogP contribution in [0.4, 0.5) is 11.4 Å². The summed E-state index contributed by atoms with van der Waals surface area (Å²) in [6.07, 6.45) is 0. The van der Waals surface area contributed by atoms with Gasteiger partial charge in [-0.25, -0.2) is 0 Å². The first-order valence-corrected chi connectivity index (χ1v) is 10.6. The molecule has 0 aromatic heterocycles. The minimum atomic E-state index is -0.417. The maximum absolute atomic E-state index is 12.3. The molecular weight excluding hydrogens is 428 g/mol. The first-order chi connectivity index (χ1) is 16.0. The van der Waals surface area contributed by atoms with Crippen molar-refractivity contribution in [3.8, 4) is 11.5 Å². The summed E-state index contributed by atoms with van der Waals surface area (Å²) < 4.78 is 15.8. The van der Waals surface area contributed by atoms with E-state index in [1.54, 1.807) is 18.2 Å². The SMILES string of the molecule is CN(CC(=O)Nc1ccc(N2CCOCC2)cc1)C(=O)CNC(=O)c1ccc2c(c1)OCO2. The molecule has 2 N–H and O–H groups in total. The van der Waals surface area contributed by atoms with E-state index in [0.29, 0.717) is 36.0 Å². The second-order valence-corrected chi connectivity index (χ2v) is 7.69. The summed E-state index contributed by atoms with van der Waals surface area (Å²) >= 11 is 0. The molecule has 2 aliphatic heterocycles. The topological polar surface area (TPSA) is 109 Å². The molecule has 2 aliphatic rings. The molecule has 1 saturated heterocycles. The lowest BCUT2D eigenvalue weighted by atomic mass is 10.2. The second-order valence-electron chi connectivity index (χ2n) is 7.69. The normalized spacial score (nSPS) is 14.5. The Labute approximate surface area is 191 Å². The number of carbonyl (C=O) groups is 3. The molecule has 0 radical (unpaired) electrons. The molecule has 0 aliphatic carbocycles. The van der Waals surface area contributed by atoms with Crippen LogP contribution in [0.1, 0.15) is 10.4 Å². The second kappa shape index (κ2) is 10.2. The van der Waals surface area contributed by atoms with Gasteiger partial charge in [0, 0.05) is 37.1 Å². The predicted octanol–water partition coefficient (Wildman–Crippen LogP) is 1.08. The molecule has 3 amide bonds. The maximum atomic E-state index is 12.3. The fourth-order valence-corrected chi connectivity index (χ4v) is 3.51. The minimum absolute atomic E-state index is 0.115.